The van der Waals surface area contributed by atoms with Crippen molar-refractivity contribution in [2.45, 2.75) is 6.42 Å². The number of rotatable bonds is 2. The summed E-state index contributed by atoms with van der Waals surface area (Å²) in [5, 5.41) is 0. The SMILES string of the molecule is O=C(c1cccc(I)c1)c1cc2c(cc1Br)OCCCO2. The van der Waals surface area contributed by atoms with Gasteiger partial charge in [-0.2, -0.15) is 0 Å². The second kappa shape index (κ2) is 6.36. The van der Waals surface area contributed by atoms with Crippen molar-refractivity contribution in [3.63, 3.8) is 0 Å². The molecule has 0 bridgehead atoms. The molecule has 0 spiro atoms. The van der Waals surface area contributed by atoms with Crippen LogP contribution in [0.1, 0.15) is 22.3 Å². The van der Waals surface area contributed by atoms with Crippen molar-refractivity contribution in [2.24, 2.45) is 0 Å². The molecule has 0 fully saturated rings. The van der Waals surface area contributed by atoms with E-state index in [1.54, 1.807) is 6.07 Å². The summed E-state index contributed by atoms with van der Waals surface area (Å²) in [4.78, 5) is 12.7. The molecule has 108 valence electrons. The lowest BCUT2D eigenvalue weighted by atomic mass is 10.0. The van der Waals surface area contributed by atoms with Crippen molar-refractivity contribution in [2.75, 3.05) is 13.2 Å². The van der Waals surface area contributed by atoms with E-state index in [0.717, 1.165) is 14.5 Å². The molecule has 3 rings (SSSR count). The van der Waals surface area contributed by atoms with Crippen LogP contribution in [-0.4, -0.2) is 19.0 Å². The van der Waals surface area contributed by atoms with Crippen LogP contribution >= 0.6 is 38.5 Å². The molecule has 21 heavy (non-hydrogen) atoms. The molecule has 0 amide bonds. The monoisotopic (exact) mass is 458 g/mol. The highest BCUT2D eigenvalue weighted by atomic mass is 127. The Hall–Kier alpha value is -1.08. The van der Waals surface area contributed by atoms with Crippen molar-refractivity contribution in [3.05, 3.63) is 55.6 Å². The van der Waals surface area contributed by atoms with Gasteiger partial charge in [0.15, 0.2) is 17.3 Å². The van der Waals surface area contributed by atoms with Crippen LogP contribution in [0.25, 0.3) is 0 Å². The van der Waals surface area contributed by atoms with Gasteiger partial charge in [-0.15, -0.1) is 0 Å². The van der Waals surface area contributed by atoms with E-state index in [-0.39, 0.29) is 5.78 Å². The van der Waals surface area contributed by atoms with Gasteiger partial charge in [0.25, 0.3) is 0 Å². The van der Waals surface area contributed by atoms with Gasteiger partial charge in [-0.05, 0) is 62.8 Å². The van der Waals surface area contributed by atoms with E-state index in [0.29, 0.717) is 35.8 Å². The molecule has 0 aromatic heterocycles. The summed E-state index contributed by atoms with van der Waals surface area (Å²) in [5.74, 6) is 1.28. The summed E-state index contributed by atoms with van der Waals surface area (Å²) in [7, 11) is 0. The third-order valence-electron chi connectivity index (χ3n) is 3.17. The van der Waals surface area contributed by atoms with Gasteiger partial charge >= 0.3 is 0 Å². The first-order chi connectivity index (χ1) is 10.1. The van der Waals surface area contributed by atoms with Gasteiger partial charge in [-0.3, -0.25) is 4.79 Å². The summed E-state index contributed by atoms with van der Waals surface area (Å²) in [6.45, 7) is 1.23. The van der Waals surface area contributed by atoms with E-state index in [9.17, 15) is 4.79 Å². The molecular weight excluding hydrogens is 447 g/mol. The highest BCUT2D eigenvalue weighted by molar-refractivity contribution is 14.1. The maximum atomic E-state index is 12.7. The topological polar surface area (TPSA) is 35.5 Å². The Bertz CT molecular complexity index is 700. The van der Waals surface area contributed by atoms with E-state index in [4.69, 9.17) is 9.47 Å². The zero-order valence-corrected chi connectivity index (χ0v) is 14.8. The minimum Gasteiger partial charge on any atom is -0.490 e. The van der Waals surface area contributed by atoms with Crippen LogP contribution in [0.3, 0.4) is 0 Å². The standard InChI is InChI=1S/C16H12BrIO3/c17-13-9-15-14(20-5-2-6-21-15)8-12(13)16(19)10-3-1-4-11(18)7-10/h1,3-4,7-9H,2,5-6H2. The molecule has 0 N–H and O–H groups in total. The zero-order valence-electron chi connectivity index (χ0n) is 11.1. The van der Waals surface area contributed by atoms with Crippen LogP contribution in [0.4, 0.5) is 0 Å². The molecule has 0 radical (unpaired) electrons. The number of benzene rings is 2. The summed E-state index contributed by atoms with van der Waals surface area (Å²) in [6, 6.07) is 11.1. The first-order valence-electron chi connectivity index (χ1n) is 6.54. The Morgan fingerprint density at radius 1 is 1.10 bits per heavy atom. The molecule has 2 aromatic carbocycles. The van der Waals surface area contributed by atoms with Crippen molar-refractivity contribution < 1.29 is 14.3 Å². The largest absolute Gasteiger partial charge is 0.490 e. The summed E-state index contributed by atoms with van der Waals surface area (Å²) < 4.78 is 13.0. The Morgan fingerprint density at radius 2 is 1.81 bits per heavy atom. The third-order valence-corrected chi connectivity index (χ3v) is 4.50. The smallest absolute Gasteiger partial charge is 0.194 e. The summed E-state index contributed by atoms with van der Waals surface area (Å²) in [6.07, 6.45) is 0.840. The number of ether oxygens (including phenoxy) is 2. The highest BCUT2D eigenvalue weighted by Crippen LogP contribution is 2.36. The second-order valence-corrected chi connectivity index (χ2v) is 6.77. The Labute approximate surface area is 144 Å². The fraction of sp³-hybridized carbons (Fsp3) is 0.188. The lowest BCUT2D eigenvalue weighted by Crippen LogP contribution is -2.04. The molecule has 5 heteroatoms. The van der Waals surface area contributed by atoms with Gasteiger partial charge in [-0.1, -0.05) is 12.1 Å². The molecule has 0 saturated heterocycles. The van der Waals surface area contributed by atoms with Crippen molar-refractivity contribution in [3.8, 4) is 11.5 Å². The minimum absolute atomic E-state index is 0.0314. The maximum absolute atomic E-state index is 12.7. The molecule has 1 aliphatic heterocycles. The molecule has 0 saturated carbocycles. The van der Waals surface area contributed by atoms with Gasteiger partial charge in [-0.25, -0.2) is 0 Å². The highest BCUT2D eigenvalue weighted by Gasteiger charge is 2.19. The van der Waals surface area contributed by atoms with Crippen LogP contribution in [0.5, 0.6) is 11.5 Å². The first-order valence-corrected chi connectivity index (χ1v) is 8.42. The molecule has 0 atom stereocenters. The number of hydrogen-bond acceptors (Lipinski definition) is 3. The maximum Gasteiger partial charge on any atom is 0.194 e. The quantitative estimate of drug-likeness (QED) is 0.492. The predicted molar refractivity (Wildman–Crippen MR) is 92.3 cm³/mol. The van der Waals surface area contributed by atoms with E-state index in [1.807, 2.05) is 30.3 Å². The Morgan fingerprint density at radius 3 is 2.52 bits per heavy atom. The summed E-state index contributed by atoms with van der Waals surface area (Å²) >= 11 is 5.66. The van der Waals surface area contributed by atoms with Crippen LogP contribution in [0.2, 0.25) is 0 Å². The van der Waals surface area contributed by atoms with Crippen molar-refractivity contribution >= 4 is 44.3 Å². The fourth-order valence-corrected chi connectivity index (χ4v) is 3.19. The third kappa shape index (κ3) is 3.23. The normalized spacial score (nSPS) is 13.6. The number of carbonyl (C=O) groups is 1. The Kier molecular flexibility index (Phi) is 4.49. The second-order valence-electron chi connectivity index (χ2n) is 4.67. The van der Waals surface area contributed by atoms with Crippen LogP contribution in [0, 0.1) is 3.57 Å². The molecular formula is C16H12BrIO3. The van der Waals surface area contributed by atoms with Gasteiger partial charge < -0.3 is 9.47 Å². The molecule has 2 aromatic rings. The zero-order chi connectivity index (χ0) is 14.8. The number of carbonyl (C=O) groups excluding carboxylic acids is 1. The van der Waals surface area contributed by atoms with Gasteiger partial charge in [0.2, 0.25) is 0 Å². The fourth-order valence-electron chi connectivity index (χ4n) is 2.14. The van der Waals surface area contributed by atoms with Crippen molar-refractivity contribution in [1.29, 1.82) is 0 Å². The predicted octanol–water partition coefficient (Wildman–Crippen LogP) is 4.45. The van der Waals surface area contributed by atoms with Gasteiger partial charge in [0, 0.05) is 25.6 Å². The summed E-state index contributed by atoms with van der Waals surface area (Å²) in [5.41, 5.74) is 1.25. The van der Waals surface area contributed by atoms with Gasteiger partial charge in [0.1, 0.15) is 0 Å². The average Bonchev–Trinajstić information content (AvgIpc) is 2.70. The molecule has 3 nitrogen and oxygen atoms in total. The van der Waals surface area contributed by atoms with E-state index in [2.05, 4.69) is 38.5 Å². The van der Waals surface area contributed by atoms with E-state index < -0.39 is 0 Å². The molecule has 1 aliphatic rings. The number of hydrogen-bond donors (Lipinski definition) is 0. The van der Waals surface area contributed by atoms with E-state index >= 15 is 0 Å². The molecule has 1 heterocycles. The number of fused-ring (bicyclic) bond motifs is 1. The minimum atomic E-state index is -0.0314. The Balaban J connectivity index is 2.02. The average molecular weight is 459 g/mol. The lowest BCUT2D eigenvalue weighted by Gasteiger charge is -2.11. The first kappa shape index (κ1) is 14.8. The number of ketones is 1. The van der Waals surface area contributed by atoms with Crippen molar-refractivity contribution in [1.82, 2.24) is 0 Å². The van der Waals surface area contributed by atoms with E-state index in [1.165, 1.54) is 0 Å². The van der Waals surface area contributed by atoms with Gasteiger partial charge in [0.05, 0.1) is 13.2 Å². The lowest BCUT2D eigenvalue weighted by molar-refractivity contribution is 0.103. The molecule has 0 unspecified atom stereocenters. The van der Waals surface area contributed by atoms with Crippen LogP contribution < -0.4 is 9.47 Å². The van der Waals surface area contributed by atoms with Crippen LogP contribution in [0.15, 0.2) is 40.9 Å². The van der Waals surface area contributed by atoms with Crippen LogP contribution in [-0.2, 0) is 0 Å². The number of halogens is 2. The molecule has 0 aliphatic carbocycles.